The third-order valence-corrected chi connectivity index (χ3v) is 4.91. The molecule has 0 saturated carbocycles. The maximum Gasteiger partial charge on any atom is 0.369 e. The smallest absolute Gasteiger partial charge is 0.369 e. The normalized spacial score (nSPS) is 19.0. The minimum Gasteiger partial charge on any atom is -0.461 e. The molecule has 0 aromatic carbocycles. The highest BCUT2D eigenvalue weighted by molar-refractivity contribution is 8.13. The van der Waals surface area contributed by atoms with Crippen molar-refractivity contribution in [1.82, 2.24) is 10.2 Å². The predicted octanol–water partition coefficient (Wildman–Crippen LogP) is 0.636. The highest BCUT2D eigenvalue weighted by Crippen LogP contribution is 2.29. The largest absolute Gasteiger partial charge is 0.461 e. The summed E-state index contributed by atoms with van der Waals surface area (Å²) in [6.07, 6.45) is 0.0697. The molecule has 0 N–H and O–H groups in total. The number of esters is 1. The number of carbonyl (C=O) groups excluding carboxylic acids is 2. The van der Waals surface area contributed by atoms with Gasteiger partial charge in [-0.3, -0.25) is 9.69 Å². The van der Waals surface area contributed by atoms with Crippen molar-refractivity contribution in [2.45, 2.75) is 13.3 Å². The number of halogens is 1. The minimum atomic E-state index is -3.67. The number of anilines is 1. The Morgan fingerprint density at radius 3 is 2.86 bits per heavy atom. The van der Waals surface area contributed by atoms with Crippen molar-refractivity contribution in [2.75, 3.05) is 23.8 Å². The maximum absolute atomic E-state index is 11.9. The van der Waals surface area contributed by atoms with Crippen LogP contribution in [-0.4, -0.2) is 49.4 Å². The molecular formula is C10H12ClN3O5S2. The molecule has 8 nitrogen and oxygen atoms in total. The van der Waals surface area contributed by atoms with Crippen LogP contribution in [0.3, 0.4) is 0 Å². The highest BCUT2D eigenvalue weighted by Gasteiger charge is 2.35. The summed E-state index contributed by atoms with van der Waals surface area (Å²) in [5.74, 6) is -1.55. The summed E-state index contributed by atoms with van der Waals surface area (Å²) in [4.78, 5) is 24.7. The Labute approximate surface area is 129 Å². The number of ether oxygens (including phenoxy) is 1. The first kappa shape index (κ1) is 16.1. The van der Waals surface area contributed by atoms with E-state index in [1.54, 1.807) is 6.92 Å². The Morgan fingerprint density at radius 1 is 1.52 bits per heavy atom. The van der Waals surface area contributed by atoms with Gasteiger partial charge in [-0.25, -0.2) is 13.2 Å². The summed E-state index contributed by atoms with van der Waals surface area (Å²) < 4.78 is 26.9. The first-order valence-corrected chi connectivity index (χ1v) is 9.33. The van der Waals surface area contributed by atoms with Crippen LogP contribution in [0.1, 0.15) is 23.1 Å². The minimum absolute atomic E-state index is 0.0491. The first-order chi connectivity index (χ1) is 9.80. The van der Waals surface area contributed by atoms with Crippen LogP contribution in [0, 0.1) is 5.92 Å². The molecule has 1 aliphatic heterocycles. The molecule has 1 atom stereocenters. The van der Waals surface area contributed by atoms with Crippen LogP contribution >= 0.6 is 22.0 Å². The van der Waals surface area contributed by atoms with Gasteiger partial charge in [-0.15, -0.1) is 10.2 Å². The second kappa shape index (κ2) is 6.24. The number of rotatable bonds is 5. The van der Waals surface area contributed by atoms with E-state index in [0.717, 1.165) is 11.3 Å². The Hall–Kier alpha value is -1.26. The molecule has 0 aliphatic carbocycles. The topological polar surface area (TPSA) is 107 Å². The molecule has 2 rings (SSSR count). The molecule has 1 aromatic heterocycles. The fraction of sp³-hybridized carbons (Fsp3) is 0.600. The fourth-order valence-corrected chi connectivity index (χ4v) is 4.05. The summed E-state index contributed by atoms with van der Waals surface area (Å²) in [6, 6.07) is 0. The lowest BCUT2D eigenvalue weighted by Gasteiger charge is -2.11. The monoisotopic (exact) mass is 353 g/mol. The molecule has 2 heterocycles. The molecule has 1 unspecified atom stereocenters. The third-order valence-electron chi connectivity index (χ3n) is 2.74. The lowest BCUT2D eigenvalue weighted by Crippen LogP contribution is -2.25. The van der Waals surface area contributed by atoms with Gasteiger partial charge >= 0.3 is 5.97 Å². The van der Waals surface area contributed by atoms with E-state index in [9.17, 15) is 18.0 Å². The first-order valence-electron chi connectivity index (χ1n) is 6.03. The molecule has 1 saturated heterocycles. The summed E-state index contributed by atoms with van der Waals surface area (Å²) >= 11 is 0.928. The second-order valence-corrected chi connectivity index (χ2v) is 8.17. The van der Waals surface area contributed by atoms with E-state index < -0.39 is 20.9 Å². The molecule has 0 radical (unpaired) electrons. The van der Waals surface area contributed by atoms with E-state index >= 15 is 0 Å². The molecule has 1 fully saturated rings. The summed E-state index contributed by atoms with van der Waals surface area (Å²) in [5.41, 5.74) is 0. The van der Waals surface area contributed by atoms with Crippen LogP contribution in [0.5, 0.6) is 0 Å². The van der Waals surface area contributed by atoms with Crippen LogP contribution < -0.4 is 4.90 Å². The van der Waals surface area contributed by atoms with E-state index in [2.05, 4.69) is 10.2 Å². The SMILES string of the molecule is CCOC(=O)c1nnc(N2CC(CS(=O)(=O)Cl)CC2=O)s1. The predicted molar refractivity (Wildman–Crippen MR) is 76.0 cm³/mol. The Morgan fingerprint density at radius 2 is 2.24 bits per heavy atom. The second-order valence-electron chi connectivity index (χ2n) is 4.39. The molecular weight excluding hydrogens is 342 g/mol. The summed E-state index contributed by atoms with van der Waals surface area (Å²) in [6.45, 7) is 2.06. The summed E-state index contributed by atoms with van der Waals surface area (Å²) in [7, 11) is 1.53. The van der Waals surface area contributed by atoms with Crippen LogP contribution in [0.4, 0.5) is 5.13 Å². The summed E-state index contributed by atoms with van der Waals surface area (Å²) in [5, 5.41) is 7.74. The highest BCUT2D eigenvalue weighted by atomic mass is 35.7. The van der Waals surface area contributed by atoms with Gasteiger partial charge in [0.1, 0.15) is 0 Å². The van der Waals surface area contributed by atoms with Gasteiger partial charge in [0, 0.05) is 29.6 Å². The number of nitrogens with zero attached hydrogens (tertiary/aromatic N) is 3. The van der Waals surface area contributed by atoms with E-state index in [-0.39, 0.29) is 41.4 Å². The number of hydrogen-bond donors (Lipinski definition) is 0. The van der Waals surface area contributed by atoms with Gasteiger partial charge < -0.3 is 4.74 Å². The number of hydrogen-bond acceptors (Lipinski definition) is 8. The zero-order chi connectivity index (χ0) is 15.6. The van der Waals surface area contributed by atoms with Gasteiger partial charge in [-0.2, -0.15) is 0 Å². The molecule has 21 heavy (non-hydrogen) atoms. The molecule has 0 bridgehead atoms. The average Bonchev–Trinajstić information content (AvgIpc) is 2.94. The zero-order valence-corrected chi connectivity index (χ0v) is 13.4. The standard InChI is InChI=1S/C10H12ClN3O5S2/c1-2-19-9(16)8-12-13-10(20-8)14-4-6(3-7(14)15)5-21(11,17)18/h6H,2-5H2,1H3. The van der Waals surface area contributed by atoms with Crippen molar-refractivity contribution < 1.29 is 22.7 Å². The van der Waals surface area contributed by atoms with Crippen molar-refractivity contribution in [3.63, 3.8) is 0 Å². The Balaban J connectivity index is 2.09. The van der Waals surface area contributed by atoms with Crippen molar-refractivity contribution >= 4 is 48.1 Å². The Kier molecular flexibility index (Phi) is 4.79. The van der Waals surface area contributed by atoms with Crippen LogP contribution in [0.2, 0.25) is 0 Å². The quantitative estimate of drug-likeness (QED) is 0.564. The van der Waals surface area contributed by atoms with Crippen molar-refractivity contribution in [2.24, 2.45) is 5.92 Å². The van der Waals surface area contributed by atoms with Gasteiger partial charge in [0.05, 0.1) is 12.4 Å². The molecule has 11 heteroatoms. The number of aromatic nitrogens is 2. The van der Waals surface area contributed by atoms with E-state index in [1.807, 2.05) is 0 Å². The van der Waals surface area contributed by atoms with Gasteiger partial charge in [-0.1, -0.05) is 11.3 Å². The number of amides is 1. The zero-order valence-electron chi connectivity index (χ0n) is 11.0. The molecule has 0 spiro atoms. The van der Waals surface area contributed by atoms with Crippen LogP contribution in [0.15, 0.2) is 0 Å². The molecule has 116 valence electrons. The van der Waals surface area contributed by atoms with Gasteiger partial charge in [0.2, 0.25) is 25.1 Å². The molecule has 1 amide bonds. The lowest BCUT2D eigenvalue weighted by atomic mass is 10.1. The fourth-order valence-electron chi connectivity index (χ4n) is 1.96. The lowest BCUT2D eigenvalue weighted by molar-refractivity contribution is -0.117. The van der Waals surface area contributed by atoms with Gasteiger partial charge in [-0.05, 0) is 6.92 Å². The van der Waals surface area contributed by atoms with Gasteiger partial charge in [0.15, 0.2) is 0 Å². The molecule has 1 aromatic rings. The Bertz CT molecular complexity index is 659. The van der Waals surface area contributed by atoms with E-state index in [4.69, 9.17) is 15.4 Å². The average molecular weight is 354 g/mol. The van der Waals surface area contributed by atoms with E-state index in [0.29, 0.717) is 0 Å². The van der Waals surface area contributed by atoms with Crippen molar-refractivity contribution in [3.05, 3.63) is 5.01 Å². The van der Waals surface area contributed by atoms with E-state index in [1.165, 1.54) is 4.90 Å². The maximum atomic E-state index is 11.9. The van der Waals surface area contributed by atoms with Crippen LogP contribution in [0.25, 0.3) is 0 Å². The third kappa shape index (κ3) is 4.11. The van der Waals surface area contributed by atoms with Crippen LogP contribution in [-0.2, 0) is 18.6 Å². The number of carbonyl (C=O) groups is 2. The van der Waals surface area contributed by atoms with Crippen molar-refractivity contribution in [1.29, 1.82) is 0 Å². The van der Waals surface area contributed by atoms with Crippen molar-refractivity contribution in [3.8, 4) is 0 Å². The molecule has 1 aliphatic rings. The van der Waals surface area contributed by atoms with Gasteiger partial charge in [0.25, 0.3) is 0 Å².